The average Bonchev–Trinajstić information content (AvgIpc) is 2.62. The van der Waals surface area contributed by atoms with Gasteiger partial charge < -0.3 is 21.1 Å². The van der Waals surface area contributed by atoms with Gasteiger partial charge in [-0.2, -0.15) is 13.2 Å². The number of benzene rings is 2. The second-order valence-corrected chi connectivity index (χ2v) is 5.27. The standard InChI is InChI=1S/C18H18F3N3O2/c1-23-15(10-22)11-3-6-13(7-4-11)24-17(25)12-5-8-16(26-2)14(9-12)18(19,20)21/h3-10,23H,22H2,1-2H3,(H,24,25)/b15-10-. The number of carbonyl (C=O) groups excluding carboxylic acids is 1. The van der Waals surface area contributed by atoms with Crippen LogP contribution in [0.25, 0.3) is 5.70 Å². The molecule has 4 N–H and O–H groups in total. The van der Waals surface area contributed by atoms with Gasteiger partial charge in [-0.05, 0) is 35.9 Å². The molecule has 0 radical (unpaired) electrons. The number of nitrogens with two attached hydrogens (primary N) is 1. The third kappa shape index (κ3) is 4.27. The summed E-state index contributed by atoms with van der Waals surface area (Å²) in [6, 6.07) is 9.85. The van der Waals surface area contributed by atoms with Gasteiger partial charge in [0.05, 0.1) is 18.4 Å². The number of ether oxygens (including phenoxy) is 1. The van der Waals surface area contributed by atoms with Crippen LogP contribution in [0.4, 0.5) is 18.9 Å². The van der Waals surface area contributed by atoms with Crippen LogP contribution in [0.2, 0.25) is 0 Å². The summed E-state index contributed by atoms with van der Waals surface area (Å²) in [5.41, 5.74) is 6.30. The Kier molecular flexibility index (Phi) is 5.76. The van der Waals surface area contributed by atoms with Crippen molar-refractivity contribution in [1.29, 1.82) is 0 Å². The van der Waals surface area contributed by atoms with Crippen LogP contribution in [0.15, 0.2) is 48.7 Å². The molecule has 0 saturated heterocycles. The number of halogens is 3. The predicted molar refractivity (Wildman–Crippen MR) is 93.6 cm³/mol. The fourth-order valence-electron chi connectivity index (χ4n) is 2.33. The zero-order valence-electron chi connectivity index (χ0n) is 14.1. The molecule has 0 saturated carbocycles. The lowest BCUT2D eigenvalue weighted by molar-refractivity contribution is -0.138. The summed E-state index contributed by atoms with van der Waals surface area (Å²) in [6.07, 6.45) is -3.22. The minimum Gasteiger partial charge on any atom is -0.496 e. The van der Waals surface area contributed by atoms with Crippen LogP contribution in [0, 0.1) is 0 Å². The lowest BCUT2D eigenvalue weighted by Gasteiger charge is -2.13. The summed E-state index contributed by atoms with van der Waals surface area (Å²) in [7, 11) is 2.86. The number of hydrogen-bond donors (Lipinski definition) is 3. The molecule has 0 fully saturated rings. The molecule has 0 spiro atoms. The Morgan fingerprint density at radius 2 is 1.73 bits per heavy atom. The monoisotopic (exact) mass is 365 g/mol. The summed E-state index contributed by atoms with van der Waals surface area (Å²) in [4.78, 5) is 12.3. The molecule has 1 amide bonds. The minimum atomic E-state index is -4.62. The summed E-state index contributed by atoms with van der Waals surface area (Å²) in [5, 5.41) is 5.47. The normalized spacial score (nSPS) is 11.8. The number of rotatable bonds is 5. The SMILES string of the molecule is CN/C(=C\N)c1ccc(NC(=O)c2ccc(OC)c(C(F)(F)F)c2)cc1. The molecular formula is C18H18F3N3O2. The first-order valence-electron chi connectivity index (χ1n) is 7.56. The van der Waals surface area contributed by atoms with Gasteiger partial charge in [0.25, 0.3) is 5.91 Å². The molecular weight excluding hydrogens is 347 g/mol. The number of alkyl halides is 3. The van der Waals surface area contributed by atoms with Crippen LogP contribution < -0.4 is 21.1 Å². The smallest absolute Gasteiger partial charge is 0.419 e. The summed E-state index contributed by atoms with van der Waals surface area (Å²) < 4.78 is 43.9. The highest BCUT2D eigenvalue weighted by atomic mass is 19.4. The molecule has 2 aromatic carbocycles. The molecule has 2 rings (SSSR count). The molecule has 5 nitrogen and oxygen atoms in total. The Morgan fingerprint density at radius 1 is 1.12 bits per heavy atom. The number of nitrogens with one attached hydrogen (secondary N) is 2. The topological polar surface area (TPSA) is 76.4 Å². The first kappa shape index (κ1) is 19.2. The van der Waals surface area contributed by atoms with Crippen LogP contribution >= 0.6 is 0 Å². The van der Waals surface area contributed by atoms with Gasteiger partial charge in [-0.1, -0.05) is 12.1 Å². The van der Waals surface area contributed by atoms with Crippen molar-refractivity contribution in [3.63, 3.8) is 0 Å². The Balaban J connectivity index is 2.22. The Bertz CT molecular complexity index is 815. The fraction of sp³-hybridized carbons (Fsp3) is 0.167. The van der Waals surface area contributed by atoms with Crippen molar-refractivity contribution in [2.45, 2.75) is 6.18 Å². The highest BCUT2D eigenvalue weighted by Crippen LogP contribution is 2.36. The van der Waals surface area contributed by atoms with Crippen molar-refractivity contribution in [2.75, 3.05) is 19.5 Å². The first-order chi connectivity index (χ1) is 12.3. The summed E-state index contributed by atoms with van der Waals surface area (Å²) in [6.45, 7) is 0. The number of amides is 1. The third-order valence-electron chi connectivity index (χ3n) is 3.66. The first-order valence-corrected chi connectivity index (χ1v) is 7.56. The van der Waals surface area contributed by atoms with E-state index in [0.717, 1.165) is 24.8 Å². The van der Waals surface area contributed by atoms with Crippen molar-refractivity contribution >= 4 is 17.3 Å². The molecule has 26 heavy (non-hydrogen) atoms. The highest BCUT2D eigenvalue weighted by Gasteiger charge is 2.35. The number of methoxy groups -OCH3 is 1. The molecule has 0 bridgehead atoms. The molecule has 0 heterocycles. The number of carbonyl (C=O) groups is 1. The highest BCUT2D eigenvalue weighted by molar-refractivity contribution is 6.04. The zero-order chi connectivity index (χ0) is 19.3. The van der Waals surface area contributed by atoms with Gasteiger partial charge in [-0.25, -0.2) is 0 Å². The average molecular weight is 365 g/mol. The van der Waals surface area contributed by atoms with Crippen LogP contribution in [0.3, 0.4) is 0 Å². The van der Waals surface area contributed by atoms with E-state index in [1.165, 1.54) is 12.3 Å². The van der Waals surface area contributed by atoms with E-state index in [1.807, 2.05) is 0 Å². The quantitative estimate of drug-likeness (QED) is 0.759. The second-order valence-electron chi connectivity index (χ2n) is 5.27. The maximum absolute atomic E-state index is 13.1. The van der Waals surface area contributed by atoms with Crippen molar-refractivity contribution in [3.05, 3.63) is 65.4 Å². The van der Waals surface area contributed by atoms with Gasteiger partial charge >= 0.3 is 6.18 Å². The van der Waals surface area contributed by atoms with Gasteiger partial charge in [0.2, 0.25) is 0 Å². The third-order valence-corrected chi connectivity index (χ3v) is 3.66. The van der Waals surface area contributed by atoms with Crippen LogP contribution in [0.1, 0.15) is 21.5 Å². The molecule has 2 aromatic rings. The van der Waals surface area contributed by atoms with Crippen LogP contribution in [-0.2, 0) is 6.18 Å². The molecule has 0 aliphatic heterocycles. The maximum Gasteiger partial charge on any atom is 0.419 e. The van der Waals surface area contributed by atoms with Crippen molar-refractivity contribution in [3.8, 4) is 5.75 Å². The van der Waals surface area contributed by atoms with E-state index in [9.17, 15) is 18.0 Å². The fourth-order valence-corrected chi connectivity index (χ4v) is 2.33. The summed E-state index contributed by atoms with van der Waals surface area (Å²) >= 11 is 0. The van der Waals surface area contributed by atoms with E-state index in [1.54, 1.807) is 31.3 Å². The molecule has 0 unspecified atom stereocenters. The van der Waals surface area contributed by atoms with E-state index in [-0.39, 0.29) is 11.3 Å². The lowest BCUT2D eigenvalue weighted by Crippen LogP contribution is -2.15. The molecule has 0 aliphatic carbocycles. The molecule has 0 atom stereocenters. The van der Waals surface area contributed by atoms with E-state index in [0.29, 0.717) is 11.4 Å². The largest absolute Gasteiger partial charge is 0.496 e. The van der Waals surface area contributed by atoms with Gasteiger partial charge in [0.15, 0.2) is 0 Å². The Morgan fingerprint density at radius 3 is 2.23 bits per heavy atom. The van der Waals surface area contributed by atoms with Gasteiger partial charge in [0.1, 0.15) is 5.75 Å². The van der Waals surface area contributed by atoms with E-state index < -0.39 is 17.6 Å². The van der Waals surface area contributed by atoms with E-state index in [4.69, 9.17) is 10.5 Å². The van der Waals surface area contributed by atoms with Crippen molar-refractivity contribution in [2.24, 2.45) is 5.73 Å². The van der Waals surface area contributed by atoms with Gasteiger partial charge in [-0.15, -0.1) is 0 Å². The summed E-state index contributed by atoms with van der Waals surface area (Å²) in [5.74, 6) is -0.999. The van der Waals surface area contributed by atoms with Gasteiger partial charge in [0, 0.05) is 24.5 Å². The number of anilines is 1. The maximum atomic E-state index is 13.1. The van der Waals surface area contributed by atoms with E-state index in [2.05, 4.69) is 10.6 Å². The van der Waals surface area contributed by atoms with Crippen molar-refractivity contribution < 1.29 is 22.7 Å². The molecule has 138 valence electrons. The second kappa shape index (κ2) is 7.81. The number of hydrogen-bond acceptors (Lipinski definition) is 4. The molecule has 8 heteroatoms. The van der Waals surface area contributed by atoms with Crippen LogP contribution in [0.5, 0.6) is 5.75 Å². The minimum absolute atomic E-state index is 0.125. The van der Waals surface area contributed by atoms with Crippen molar-refractivity contribution in [1.82, 2.24) is 5.32 Å². The Hall–Kier alpha value is -3.16. The lowest BCUT2D eigenvalue weighted by atomic mass is 10.1. The Labute approximate surface area is 148 Å². The molecule has 0 aromatic heterocycles. The van der Waals surface area contributed by atoms with E-state index >= 15 is 0 Å². The van der Waals surface area contributed by atoms with Crippen LogP contribution in [-0.4, -0.2) is 20.1 Å². The zero-order valence-corrected chi connectivity index (χ0v) is 14.1. The van der Waals surface area contributed by atoms with Gasteiger partial charge in [-0.3, -0.25) is 4.79 Å². The molecule has 0 aliphatic rings. The predicted octanol–water partition coefficient (Wildman–Crippen LogP) is 3.44.